The monoisotopic (exact) mass is 322 g/mol. The number of hydrogen-bond donors (Lipinski definition) is 2. The van der Waals surface area contributed by atoms with E-state index in [1.165, 1.54) is 5.56 Å². The van der Waals surface area contributed by atoms with Crippen LogP contribution in [0, 0.1) is 13.8 Å². The van der Waals surface area contributed by atoms with Gasteiger partial charge in [-0.25, -0.2) is 0 Å². The summed E-state index contributed by atoms with van der Waals surface area (Å²) in [7, 11) is 0. The van der Waals surface area contributed by atoms with Gasteiger partial charge < -0.3 is 14.8 Å². The van der Waals surface area contributed by atoms with Crippen LogP contribution < -0.4 is 10.9 Å². The van der Waals surface area contributed by atoms with Crippen molar-refractivity contribution in [3.63, 3.8) is 0 Å². The Morgan fingerprint density at radius 1 is 1.17 bits per heavy atom. The number of pyridine rings is 1. The van der Waals surface area contributed by atoms with E-state index in [0.717, 1.165) is 41.9 Å². The third kappa shape index (κ3) is 2.55. The topological polar surface area (TPSA) is 83.8 Å². The Hall–Kier alpha value is -2.73. The Kier molecular flexibility index (Phi) is 3.54. The van der Waals surface area contributed by atoms with E-state index in [4.69, 9.17) is 4.52 Å². The molecule has 1 aliphatic heterocycles. The van der Waals surface area contributed by atoms with Gasteiger partial charge >= 0.3 is 0 Å². The van der Waals surface area contributed by atoms with Crippen LogP contribution in [0.15, 0.2) is 33.6 Å². The molecule has 0 bridgehead atoms. The molecule has 2 aromatic heterocycles. The molecule has 0 atom stereocenters. The van der Waals surface area contributed by atoms with Gasteiger partial charge in [0, 0.05) is 30.8 Å². The van der Waals surface area contributed by atoms with Crippen molar-refractivity contribution in [2.24, 2.45) is 0 Å². The molecule has 0 saturated carbocycles. The van der Waals surface area contributed by atoms with Crippen molar-refractivity contribution in [3.8, 4) is 22.8 Å². The second kappa shape index (κ2) is 5.72. The highest BCUT2D eigenvalue weighted by Crippen LogP contribution is 2.23. The number of rotatable bonds is 2. The molecular formula is C18H18N4O2. The summed E-state index contributed by atoms with van der Waals surface area (Å²) < 4.78 is 5.37. The zero-order valence-corrected chi connectivity index (χ0v) is 13.6. The molecule has 2 N–H and O–H groups in total. The van der Waals surface area contributed by atoms with Crippen LogP contribution in [-0.2, 0) is 13.0 Å². The van der Waals surface area contributed by atoms with E-state index >= 15 is 0 Å². The van der Waals surface area contributed by atoms with Gasteiger partial charge in [0.2, 0.25) is 5.82 Å². The molecule has 0 spiro atoms. The minimum atomic E-state index is -0.178. The summed E-state index contributed by atoms with van der Waals surface area (Å²) in [5.41, 5.74) is 5.54. The van der Waals surface area contributed by atoms with Gasteiger partial charge in [-0.05, 0) is 48.7 Å². The maximum Gasteiger partial charge on any atom is 0.259 e. The summed E-state index contributed by atoms with van der Waals surface area (Å²) in [4.78, 5) is 19.7. The number of aromatic nitrogens is 3. The van der Waals surface area contributed by atoms with Gasteiger partial charge in [0.25, 0.3) is 11.4 Å². The second-order valence-electron chi connectivity index (χ2n) is 6.16. The second-order valence-corrected chi connectivity index (χ2v) is 6.16. The van der Waals surface area contributed by atoms with Crippen molar-refractivity contribution in [2.75, 3.05) is 6.54 Å². The van der Waals surface area contributed by atoms with Crippen molar-refractivity contribution in [3.05, 3.63) is 57.0 Å². The van der Waals surface area contributed by atoms with Gasteiger partial charge in [0.1, 0.15) is 0 Å². The smallest absolute Gasteiger partial charge is 0.259 e. The molecule has 122 valence electrons. The molecule has 0 saturated heterocycles. The molecule has 24 heavy (non-hydrogen) atoms. The molecule has 4 rings (SSSR count). The molecule has 1 aliphatic rings. The number of aromatic amines is 1. The van der Waals surface area contributed by atoms with Gasteiger partial charge in [-0.3, -0.25) is 4.79 Å². The van der Waals surface area contributed by atoms with Crippen molar-refractivity contribution >= 4 is 0 Å². The van der Waals surface area contributed by atoms with Crippen molar-refractivity contribution < 1.29 is 4.52 Å². The third-order valence-electron chi connectivity index (χ3n) is 4.50. The van der Waals surface area contributed by atoms with E-state index in [9.17, 15) is 4.79 Å². The minimum absolute atomic E-state index is 0.178. The SMILES string of the molecule is Cc1ccc(-c2nc(-c3cc4c([nH]c3=O)CCNC4)no2)cc1C. The lowest BCUT2D eigenvalue weighted by molar-refractivity contribution is 0.432. The Bertz CT molecular complexity index is 971. The molecular weight excluding hydrogens is 304 g/mol. The van der Waals surface area contributed by atoms with Crippen molar-refractivity contribution in [2.45, 2.75) is 26.8 Å². The number of aryl methyl sites for hydroxylation is 2. The zero-order valence-electron chi connectivity index (χ0n) is 13.6. The number of nitrogens with zero attached hydrogens (tertiary/aromatic N) is 2. The predicted molar refractivity (Wildman–Crippen MR) is 90.7 cm³/mol. The van der Waals surface area contributed by atoms with Crippen LogP contribution in [-0.4, -0.2) is 21.7 Å². The van der Waals surface area contributed by atoms with Crippen molar-refractivity contribution in [1.29, 1.82) is 0 Å². The first-order valence-electron chi connectivity index (χ1n) is 7.99. The molecule has 6 nitrogen and oxygen atoms in total. The third-order valence-corrected chi connectivity index (χ3v) is 4.50. The molecule has 0 radical (unpaired) electrons. The highest BCUT2D eigenvalue weighted by molar-refractivity contribution is 5.61. The van der Waals surface area contributed by atoms with Crippen LogP contribution in [0.4, 0.5) is 0 Å². The summed E-state index contributed by atoms with van der Waals surface area (Å²) >= 11 is 0. The van der Waals surface area contributed by atoms with E-state index in [2.05, 4.69) is 27.4 Å². The number of benzene rings is 1. The quantitative estimate of drug-likeness (QED) is 0.756. The van der Waals surface area contributed by atoms with Crippen LogP contribution in [0.1, 0.15) is 22.4 Å². The zero-order chi connectivity index (χ0) is 16.7. The maximum absolute atomic E-state index is 12.3. The predicted octanol–water partition coefficient (Wildman–Crippen LogP) is 2.35. The summed E-state index contributed by atoms with van der Waals surface area (Å²) in [6, 6.07) is 7.83. The molecule has 0 amide bonds. The Balaban J connectivity index is 1.75. The molecule has 6 heteroatoms. The Morgan fingerprint density at radius 3 is 2.88 bits per heavy atom. The lowest BCUT2D eigenvalue weighted by Gasteiger charge is -2.16. The molecule has 3 aromatic rings. The first-order chi connectivity index (χ1) is 11.6. The van der Waals surface area contributed by atoms with E-state index in [0.29, 0.717) is 17.3 Å². The number of hydrogen-bond acceptors (Lipinski definition) is 5. The van der Waals surface area contributed by atoms with E-state index in [-0.39, 0.29) is 5.56 Å². The molecule has 0 fully saturated rings. The van der Waals surface area contributed by atoms with E-state index in [1.807, 2.05) is 31.2 Å². The number of H-pyrrole nitrogens is 1. The Labute approximate surface area is 138 Å². The van der Waals surface area contributed by atoms with Crippen LogP contribution in [0.25, 0.3) is 22.8 Å². The largest absolute Gasteiger partial charge is 0.334 e. The first-order valence-corrected chi connectivity index (χ1v) is 7.99. The molecule has 0 aliphatic carbocycles. The van der Waals surface area contributed by atoms with Crippen LogP contribution in [0.3, 0.4) is 0 Å². The minimum Gasteiger partial charge on any atom is -0.334 e. The maximum atomic E-state index is 12.3. The lowest BCUT2D eigenvalue weighted by atomic mass is 10.0. The highest BCUT2D eigenvalue weighted by atomic mass is 16.5. The normalized spacial score (nSPS) is 13.8. The van der Waals surface area contributed by atoms with Crippen LogP contribution >= 0.6 is 0 Å². The van der Waals surface area contributed by atoms with Crippen LogP contribution in [0.5, 0.6) is 0 Å². The van der Waals surface area contributed by atoms with Gasteiger partial charge in [0.05, 0.1) is 5.56 Å². The average Bonchev–Trinajstić information content (AvgIpc) is 3.06. The van der Waals surface area contributed by atoms with Gasteiger partial charge in [-0.15, -0.1) is 0 Å². The first kappa shape index (κ1) is 14.8. The van der Waals surface area contributed by atoms with Gasteiger partial charge in [-0.2, -0.15) is 4.98 Å². The van der Waals surface area contributed by atoms with E-state index < -0.39 is 0 Å². The molecule has 3 heterocycles. The summed E-state index contributed by atoms with van der Waals surface area (Å²) in [6.45, 7) is 5.71. The fraction of sp³-hybridized carbons (Fsp3) is 0.278. The summed E-state index contributed by atoms with van der Waals surface area (Å²) in [6.07, 6.45) is 0.824. The average molecular weight is 322 g/mol. The van der Waals surface area contributed by atoms with Crippen LogP contribution in [0.2, 0.25) is 0 Å². The Morgan fingerprint density at radius 2 is 2.04 bits per heavy atom. The number of nitrogens with one attached hydrogen (secondary N) is 2. The fourth-order valence-electron chi connectivity index (χ4n) is 2.92. The highest BCUT2D eigenvalue weighted by Gasteiger charge is 2.18. The number of fused-ring (bicyclic) bond motifs is 1. The lowest BCUT2D eigenvalue weighted by Crippen LogP contribution is -2.27. The van der Waals surface area contributed by atoms with Crippen molar-refractivity contribution in [1.82, 2.24) is 20.4 Å². The summed E-state index contributed by atoms with van der Waals surface area (Å²) in [5, 5.41) is 7.29. The fourth-order valence-corrected chi connectivity index (χ4v) is 2.92. The molecule has 0 unspecified atom stereocenters. The molecule has 1 aromatic carbocycles. The van der Waals surface area contributed by atoms with Gasteiger partial charge in [0.15, 0.2) is 0 Å². The standard InChI is InChI=1S/C18H18N4O2/c1-10-3-4-12(7-11(10)2)18-21-16(22-24-18)14-8-13-9-19-6-5-15(13)20-17(14)23/h3-4,7-8,19H,5-6,9H2,1-2H3,(H,20,23). The van der Waals surface area contributed by atoms with E-state index in [1.54, 1.807) is 0 Å². The summed E-state index contributed by atoms with van der Waals surface area (Å²) in [5.74, 6) is 0.737. The van der Waals surface area contributed by atoms with Gasteiger partial charge in [-0.1, -0.05) is 11.2 Å².